The van der Waals surface area contributed by atoms with E-state index in [4.69, 9.17) is 5.11 Å². The van der Waals surface area contributed by atoms with Crippen LogP contribution in [0.4, 0.5) is 0 Å². The summed E-state index contributed by atoms with van der Waals surface area (Å²) in [6, 6.07) is 7.01. The number of carbonyl (C=O) groups excluding carboxylic acids is 2. The van der Waals surface area contributed by atoms with Gasteiger partial charge in [-0.25, -0.2) is 0 Å². The van der Waals surface area contributed by atoms with Gasteiger partial charge in [0.2, 0.25) is 5.91 Å². The van der Waals surface area contributed by atoms with Crippen molar-refractivity contribution in [1.82, 2.24) is 4.90 Å². The first-order valence-corrected chi connectivity index (χ1v) is 6.08. The largest absolute Gasteiger partial charge is 0.481 e. The van der Waals surface area contributed by atoms with Gasteiger partial charge in [-0.05, 0) is 12.5 Å². The van der Waals surface area contributed by atoms with Gasteiger partial charge < -0.3 is 10.0 Å². The van der Waals surface area contributed by atoms with Crippen molar-refractivity contribution in [1.29, 1.82) is 0 Å². The van der Waals surface area contributed by atoms with Crippen molar-refractivity contribution in [3.05, 3.63) is 35.4 Å². The lowest BCUT2D eigenvalue weighted by Crippen LogP contribution is -2.25. The van der Waals surface area contributed by atoms with Gasteiger partial charge in [-0.3, -0.25) is 14.4 Å². The number of rotatable bonds is 4. The molecule has 1 fully saturated rings. The van der Waals surface area contributed by atoms with E-state index in [1.807, 2.05) is 0 Å². The Morgan fingerprint density at radius 3 is 2.42 bits per heavy atom. The molecular weight excluding hydrogens is 246 g/mol. The SMILES string of the molecule is CC(=O)c1ccc(CN2C[C@H](C(=O)O)CC2=O)cc1. The van der Waals surface area contributed by atoms with Crippen LogP contribution in [0.15, 0.2) is 24.3 Å². The Labute approximate surface area is 110 Å². The van der Waals surface area contributed by atoms with Crippen LogP contribution in [-0.2, 0) is 16.1 Å². The Morgan fingerprint density at radius 2 is 1.95 bits per heavy atom. The third-order valence-corrected chi connectivity index (χ3v) is 3.30. The van der Waals surface area contributed by atoms with E-state index in [0.717, 1.165) is 5.56 Å². The maximum Gasteiger partial charge on any atom is 0.308 e. The molecule has 1 heterocycles. The molecule has 1 saturated heterocycles. The Hall–Kier alpha value is -2.17. The van der Waals surface area contributed by atoms with E-state index < -0.39 is 11.9 Å². The summed E-state index contributed by atoms with van der Waals surface area (Å²) in [5.41, 5.74) is 1.52. The highest BCUT2D eigenvalue weighted by Crippen LogP contribution is 2.20. The molecule has 19 heavy (non-hydrogen) atoms. The molecule has 1 amide bonds. The number of nitrogens with zero attached hydrogens (tertiary/aromatic N) is 1. The van der Waals surface area contributed by atoms with Gasteiger partial charge in [0.1, 0.15) is 0 Å². The average molecular weight is 261 g/mol. The maximum absolute atomic E-state index is 11.7. The van der Waals surface area contributed by atoms with Crippen LogP contribution in [0.3, 0.4) is 0 Å². The quantitative estimate of drug-likeness (QED) is 0.829. The molecule has 0 saturated carbocycles. The number of amides is 1. The molecular formula is C14H15NO4. The fourth-order valence-electron chi connectivity index (χ4n) is 2.16. The minimum Gasteiger partial charge on any atom is -0.481 e. The molecule has 0 bridgehead atoms. The lowest BCUT2D eigenvalue weighted by atomic mass is 10.1. The molecule has 1 N–H and O–H groups in total. The van der Waals surface area contributed by atoms with Crippen LogP contribution in [-0.4, -0.2) is 34.2 Å². The van der Waals surface area contributed by atoms with Gasteiger partial charge in [0, 0.05) is 25.1 Å². The molecule has 5 nitrogen and oxygen atoms in total. The Morgan fingerprint density at radius 1 is 1.32 bits per heavy atom. The number of aliphatic carboxylic acids is 1. The van der Waals surface area contributed by atoms with Crippen molar-refractivity contribution >= 4 is 17.7 Å². The average Bonchev–Trinajstić information content (AvgIpc) is 2.72. The third-order valence-electron chi connectivity index (χ3n) is 3.30. The van der Waals surface area contributed by atoms with E-state index in [1.165, 1.54) is 6.92 Å². The zero-order valence-electron chi connectivity index (χ0n) is 10.6. The van der Waals surface area contributed by atoms with E-state index in [9.17, 15) is 14.4 Å². The Kier molecular flexibility index (Phi) is 3.64. The lowest BCUT2D eigenvalue weighted by Gasteiger charge is -2.16. The molecule has 1 aliphatic heterocycles. The van der Waals surface area contributed by atoms with Gasteiger partial charge in [0.15, 0.2) is 5.78 Å². The molecule has 0 unspecified atom stereocenters. The summed E-state index contributed by atoms with van der Waals surface area (Å²) in [6.07, 6.45) is 0.0703. The van der Waals surface area contributed by atoms with Crippen LogP contribution >= 0.6 is 0 Å². The highest BCUT2D eigenvalue weighted by molar-refractivity contribution is 5.94. The number of carbonyl (C=O) groups is 3. The van der Waals surface area contributed by atoms with Crippen LogP contribution in [0.2, 0.25) is 0 Å². The minimum absolute atomic E-state index is 0.00487. The number of hydrogen-bond acceptors (Lipinski definition) is 3. The lowest BCUT2D eigenvalue weighted by molar-refractivity contribution is -0.141. The monoisotopic (exact) mass is 261 g/mol. The van der Waals surface area contributed by atoms with E-state index >= 15 is 0 Å². The first kappa shape index (κ1) is 13.3. The van der Waals surface area contributed by atoms with Gasteiger partial charge in [0.05, 0.1) is 5.92 Å². The topological polar surface area (TPSA) is 74.7 Å². The third kappa shape index (κ3) is 2.99. The molecule has 0 aromatic heterocycles. The van der Waals surface area contributed by atoms with E-state index in [-0.39, 0.29) is 24.7 Å². The van der Waals surface area contributed by atoms with Crippen LogP contribution in [0.25, 0.3) is 0 Å². The smallest absolute Gasteiger partial charge is 0.308 e. The molecule has 1 atom stereocenters. The first-order valence-electron chi connectivity index (χ1n) is 6.08. The van der Waals surface area contributed by atoms with Crippen molar-refractivity contribution in [2.75, 3.05) is 6.54 Å². The Bertz CT molecular complexity index is 521. The van der Waals surface area contributed by atoms with Crippen molar-refractivity contribution < 1.29 is 19.5 Å². The Balaban J connectivity index is 2.03. The zero-order chi connectivity index (χ0) is 14.0. The van der Waals surface area contributed by atoms with E-state index in [1.54, 1.807) is 29.2 Å². The summed E-state index contributed by atoms with van der Waals surface area (Å²) in [5, 5.41) is 8.90. The van der Waals surface area contributed by atoms with Gasteiger partial charge in [-0.15, -0.1) is 0 Å². The standard InChI is InChI=1S/C14H15NO4/c1-9(16)11-4-2-10(3-5-11)7-15-8-12(14(18)19)6-13(15)17/h2-5,12H,6-8H2,1H3,(H,18,19)/t12-/m1/s1. The number of benzene rings is 1. The number of hydrogen-bond donors (Lipinski definition) is 1. The summed E-state index contributed by atoms with van der Waals surface area (Å²) in [7, 11) is 0. The van der Waals surface area contributed by atoms with E-state index in [2.05, 4.69) is 0 Å². The number of likely N-dealkylation sites (tertiary alicyclic amines) is 1. The molecule has 5 heteroatoms. The second-order valence-electron chi connectivity index (χ2n) is 4.77. The first-order chi connectivity index (χ1) is 8.97. The van der Waals surface area contributed by atoms with Crippen LogP contribution in [0.5, 0.6) is 0 Å². The van der Waals surface area contributed by atoms with Crippen molar-refractivity contribution in [3.63, 3.8) is 0 Å². The van der Waals surface area contributed by atoms with Crippen LogP contribution < -0.4 is 0 Å². The summed E-state index contributed by atoms with van der Waals surface area (Å²) in [6.45, 7) is 2.14. The van der Waals surface area contributed by atoms with Crippen LogP contribution in [0.1, 0.15) is 29.3 Å². The molecule has 1 aromatic rings. The fourth-order valence-corrected chi connectivity index (χ4v) is 2.16. The molecule has 1 aromatic carbocycles. The predicted molar refractivity (Wildman–Crippen MR) is 67.6 cm³/mol. The normalized spacial score (nSPS) is 18.7. The maximum atomic E-state index is 11.7. The summed E-state index contributed by atoms with van der Waals surface area (Å²) in [5.74, 6) is -1.68. The minimum atomic E-state index is -0.928. The molecule has 2 rings (SSSR count). The molecule has 0 radical (unpaired) electrons. The summed E-state index contributed by atoms with van der Waals surface area (Å²) < 4.78 is 0. The predicted octanol–water partition coefficient (Wildman–Crippen LogP) is 1.32. The number of carboxylic acid groups (broad SMARTS) is 1. The fraction of sp³-hybridized carbons (Fsp3) is 0.357. The number of ketones is 1. The van der Waals surface area contributed by atoms with Crippen LogP contribution in [0, 0.1) is 5.92 Å². The zero-order valence-corrected chi connectivity index (χ0v) is 10.6. The highest BCUT2D eigenvalue weighted by Gasteiger charge is 2.33. The summed E-state index contributed by atoms with van der Waals surface area (Å²) >= 11 is 0. The summed E-state index contributed by atoms with van der Waals surface area (Å²) in [4.78, 5) is 35.2. The van der Waals surface area contributed by atoms with E-state index in [0.29, 0.717) is 12.1 Å². The number of carboxylic acids is 1. The molecule has 1 aliphatic rings. The van der Waals surface area contributed by atoms with Gasteiger partial charge in [-0.1, -0.05) is 24.3 Å². The van der Waals surface area contributed by atoms with Crippen molar-refractivity contribution in [2.45, 2.75) is 19.9 Å². The highest BCUT2D eigenvalue weighted by atomic mass is 16.4. The molecule has 0 spiro atoms. The second-order valence-corrected chi connectivity index (χ2v) is 4.77. The van der Waals surface area contributed by atoms with Crippen molar-refractivity contribution in [2.24, 2.45) is 5.92 Å². The van der Waals surface area contributed by atoms with Gasteiger partial charge in [0.25, 0.3) is 0 Å². The van der Waals surface area contributed by atoms with Gasteiger partial charge in [-0.2, -0.15) is 0 Å². The molecule has 0 aliphatic carbocycles. The second kappa shape index (κ2) is 5.22. The molecule has 100 valence electrons. The van der Waals surface area contributed by atoms with Crippen molar-refractivity contribution in [3.8, 4) is 0 Å². The van der Waals surface area contributed by atoms with Gasteiger partial charge >= 0.3 is 5.97 Å². The number of Topliss-reactive ketones (excluding diaryl/α,β-unsaturated/α-hetero) is 1.